The van der Waals surface area contributed by atoms with Gasteiger partial charge in [-0.2, -0.15) is 0 Å². The highest BCUT2D eigenvalue weighted by Crippen LogP contribution is 2.42. The number of aromatic nitrogens is 1. The van der Waals surface area contributed by atoms with Gasteiger partial charge in [0.05, 0.1) is 6.20 Å². The van der Waals surface area contributed by atoms with E-state index in [1.165, 1.54) is 0 Å². The highest BCUT2D eigenvalue weighted by Gasteiger charge is 2.11. The van der Waals surface area contributed by atoms with Crippen LogP contribution in [0, 0.1) is 0 Å². The van der Waals surface area contributed by atoms with Crippen LogP contribution in [0.2, 0.25) is 0 Å². The first-order valence-corrected chi connectivity index (χ1v) is 6.56. The molecule has 0 bridgehead atoms. The van der Waals surface area contributed by atoms with Gasteiger partial charge in [-0.15, -0.1) is 10.9 Å². The molecule has 0 atom stereocenters. The van der Waals surface area contributed by atoms with Gasteiger partial charge in [0.15, 0.2) is 5.76 Å². The molecule has 80 valence electrons. The lowest BCUT2D eigenvalue weighted by atomic mass is 10.2. The molecular weight excluding hydrogens is 218 g/mol. The van der Waals surface area contributed by atoms with Crippen LogP contribution in [0.4, 0.5) is 0 Å². The van der Waals surface area contributed by atoms with Crippen LogP contribution in [0.25, 0.3) is 11.3 Å². The zero-order valence-corrected chi connectivity index (χ0v) is 9.47. The van der Waals surface area contributed by atoms with Crippen molar-refractivity contribution in [3.05, 3.63) is 59.5 Å². The molecule has 0 aliphatic carbocycles. The van der Waals surface area contributed by atoms with Crippen molar-refractivity contribution in [1.29, 1.82) is 0 Å². The second-order valence-electron chi connectivity index (χ2n) is 3.46. The van der Waals surface area contributed by atoms with Gasteiger partial charge < -0.3 is 4.42 Å². The predicted octanol–water partition coefficient (Wildman–Crippen LogP) is 3.74. The molecule has 3 heteroatoms. The first kappa shape index (κ1) is 9.48. The van der Waals surface area contributed by atoms with Gasteiger partial charge in [0, 0.05) is 5.56 Å². The third kappa shape index (κ3) is 1.70. The molecule has 2 heterocycles. The number of rotatable bonds is 2. The lowest BCUT2D eigenvalue weighted by Crippen LogP contribution is -1.71. The molecule has 0 amide bonds. The maximum absolute atomic E-state index is 5.77. The highest BCUT2D eigenvalue weighted by atomic mass is 32.2. The molecule has 1 aliphatic heterocycles. The van der Waals surface area contributed by atoms with Crippen LogP contribution >= 0.6 is 10.9 Å². The third-order valence-corrected chi connectivity index (χ3v) is 4.01. The summed E-state index contributed by atoms with van der Waals surface area (Å²) in [6, 6.07) is 10.0. The van der Waals surface area contributed by atoms with E-state index in [1.54, 1.807) is 6.20 Å². The van der Waals surface area contributed by atoms with E-state index in [-0.39, 0.29) is 0 Å². The van der Waals surface area contributed by atoms with Crippen molar-refractivity contribution in [2.24, 2.45) is 0 Å². The zero-order valence-electron chi connectivity index (χ0n) is 8.58. The van der Waals surface area contributed by atoms with Crippen LogP contribution in [0.3, 0.4) is 0 Å². The standard InChI is InChI=1S/C13H11NOS/c1-2-6-11(7-3-1)12-10-14-13(15-12)16-8-4-5-9-16/h1-10,16H. The molecule has 0 N–H and O–H groups in total. The summed E-state index contributed by atoms with van der Waals surface area (Å²) in [5, 5.41) is 5.09. The van der Waals surface area contributed by atoms with Crippen molar-refractivity contribution in [2.75, 3.05) is 0 Å². The first-order chi connectivity index (χ1) is 7.93. The zero-order chi connectivity index (χ0) is 10.8. The molecule has 0 spiro atoms. The molecule has 0 radical (unpaired) electrons. The summed E-state index contributed by atoms with van der Waals surface area (Å²) in [5.41, 5.74) is 1.07. The van der Waals surface area contributed by atoms with Gasteiger partial charge in [0.25, 0.3) is 0 Å². The fourth-order valence-electron chi connectivity index (χ4n) is 1.58. The number of hydrogen-bond donors (Lipinski definition) is 1. The maximum atomic E-state index is 5.77. The van der Waals surface area contributed by atoms with Crippen molar-refractivity contribution in [1.82, 2.24) is 4.98 Å². The Labute approximate surface area is 96.7 Å². The van der Waals surface area contributed by atoms with E-state index in [4.69, 9.17) is 4.42 Å². The van der Waals surface area contributed by atoms with E-state index in [0.717, 1.165) is 16.5 Å². The second-order valence-corrected chi connectivity index (χ2v) is 5.26. The Kier molecular flexibility index (Phi) is 2.38. The summed E-state index contributed by atoms with van der Waals surface area (Å²) in [5.74, 6) is 0.840. The van der Waals surface area contributed by atoms with Crippen LogP contribution in [-0.4, -0.2) is 4.98 Å². The second kappa shape index (κ2) is 4.02. The Bertz CT molecular complexity index is 530. The topological polar surface area (TPSA) is 26.0 Å². The van der Waals surface area contributed by atoms with Gasteiger partial charge in [-0.3, -0.25) is 0 Å². The van der Waals surface area contributed by atoms with E-state index >= 15 is 0 Å². The van der Waals surface area contributed by atoms with Crippen LogP contribution in [0.5, 0.6) is 0 Å². The maximum Gasteiger partial charge on any atom is 0.242 e. The van der Waals surface area contributed by atoms with Gasteiger partial charge >= 0.3 is 0 Å². The van der Waals surface area contributed by atoms with Crippen molar-refractivity contribution >= 4 is 10.9 Å². The fraction of sp³-hybridized carbons (Fsp3) is 0. The lowest BCUT2D eigenvalue weighted by Gasteiger charge is -2.02. The fourth-order valence-corrected chi connectivity index (χ4v) is 2.90. The Balaban J connectivity index is 1.94. The number of hydrogen-bond acceptors (Lipinski definition) is 2. The van der Waals surface area contributed by atoms with E-state index in [1.807, 2.05) is 42.5 Å². The van der Waals surface area contributed by atoms with E-state index < -0.39 is 10.9 Å². The van der Waals surface area contributed by atoms with E-state index in [0.29, 0.717) is 0 Å². The Morgan fingerprint density at radius 3 is 2.50 bits per heavy atom. The van der Waals surface area contributed by atoms with E-state index in [2.05, 4.69) is 15.8 Å². The van der Waals surface area contributed by atoms with Gasteiger partial charge in [0.2, 0.25) is 5.22 Å². The van der Waals surface area contributed by atoms with Crippen molar-refractivity contribution in [2.45, 2.75) is 5.22 Å². The Morgan fingerprint density at radius 2 is 1.75 bits per heavy atom. The number of oxazole rings is 1. The lowest BCUT2D eigenvalue weighted by molar-refractivity contribution is 0.466. The predicted molar refractivity (Wildman–Crippen MR) is 67.5 cm³/mol. The van der Waals surface area contributed by atoms with Crippen LogP contribution in [0.1, 0.15) is 0 Å². The van der Waals surface area contributed by atoms with Gasteiger partial charge in [-0.25, -0.2) is 4.98 Å². The van der Waals surface area contributed by atoms with Gasteiger partial charge in [-0.1, -0.05) is 42.5 Å². The Morgan fingerprint density at radius 1 is 1.00 bits per heavy atom. The summed E-state index contributed by atoms with van der Waals surface area (Å²) in [7, 11) is -0.449. The molecule has 1 aliphatic rings. The molecule has 2 aromatic rings. The minimum absolute atomic E-state index is 0.449. The molecule has 2 nitrogen and oxygen atoms in total. The summed E-state index contributed by atoms with van der Waals surface area (Å²) >= 11 is 0. The molecule has 0 fully saturated rings. The Hall–Kier alpha value is -1.74. The molecule has 1 aromatic carbocycles. The molecule has 0 saturated carbocycles. The van der Waals surface area contributed by atoms with Gasteiger partial charge in [-0.05, 0) is 10.8 Å². The molecular formula is C13H11NOS. The average molecular weight is 229 g/mol. The molecule has 3 rings (SSSR count). The van der Waals surface area contributed by atoms with Crippen LogP contribution < -0.4 is 0 Å². The van der Waals surface area contributed by atoms with Crippen molar-refractivity contribution in [3.63, 3.8) is 0 Å². The molecule has 1 aromatic heterocycles. The summed E-state index contributed by atoms with van der Waals surface area (Å²) in [4.78, 5) is 4.33. The van der Waals surface area contributed by atoms with E-state index in [9.17, 15) is 0 Å². The monoisotopic (exact) mass is 229 g/mol. The van der Waals surface area contributed by atoms with Gasteiger partial charge in [0.1, 0.15) is 0 Å². The number of nitrogens with zero attached hydrogens (tertiary/aromatic N) is 1. The molecule has 0 unspecified atom stereocenters. The summed E-state index contributed by atoms with van der Waals surface area (Å²) in [6.07, 6.45) is 5.88. The molecule has 16 heavy (non-hydrogen) atoms. The average Bonchev–Trinajstić information content (AvgIpc) is 3.01. The SMILES string of the molecule is C1=C[SH](c2ncc(-c3ccccc3)o2)C=C1. The minimum atomic E-state index is -0.449. The quantitative estimate of drug-likeness (QED) is 0.794. The third-order valence-electron chi connectivity index (χ3n) is 2.38. The number of allylic oxidation sites excluding steroid dienone is 2. The van der Waals surface area contributed by atoms with Crippen molar-refractivity contribution < 1.29 is 4.42 Å². The van der Waals surface area contributed by atoms with Crippen LogP contribution in [-0.2, 0) is 0 Å². The minimum Gasteiger partial charge on any atom is -0.432 e. The number of benzene rings is 1. The highest BCUT2D eigenvalue weighted by molar-refractivity contribution is 8.22. The van der Waals surface area contributed by atoms with Crippen LogP contribution in [0.15, 0.2) is 69.1 Å². The first-order valence-electron chi connectivity index (χ1n) is 5.08. The summed E-state index contributed by atoms with van der Waals surface area (Å²) in [6.45, 7) is 0. The smallest absolute Gasteiger partial charge is 0.242 e. The normalized spacial score (nSPS) is 15.9. The number of thiol groups is 1. The largest absolute Gasteiger partial charge is 0.432 e. The summed E-state index contributed by atoms with van der Waals surface area (Å²) < 4.78 is 5.77. The van der Waals surface area contributed by atoms with Crippen molar-refractivity contribution in [3.8, 4) is 11.3 Å². The molecule has 0 saturated heterocycles.